The summed E-state index contributed by atoms with van der Waals surface area (Å²) < 4.78 is 5.12. The third kappa shape index (κ3) is 2.17. The molecule has 0 aliphatic carbocycles. The summed E-state index contributed by atoms with van der Waals surface area (Å²) in [5.41, 5.74) is -0.221. The van der Waals surface area contributed by atoms with Crippen LogP contribution in [0.3, 0.4) is 0 Å². The van der Waals surface area contributed by atoms with Crippen molar-refractivity contribution in [1.29, 1.82) is 0 Å². The highest BCUT2D eigenvalue weighted by atomic mass is 16.5. The second-order valence-corrected chi connectivity index (χ2v) is 3.43. The smallest absolute Gasteiger partial charge is 0.323 e. The Morgan fingerprint density at radius 3 is 2.73 bits per heavy atom. The van der Waals surface area contributed by atoms with Gasteiger partial charge in [0.1, 0.15) is 6.04 Å². The summed E-state index contributed by atoms with van der Waals surface area (Å²) >= 11 is 0. The molecular formula is C7H13NO3. The summed E-state index contributed by atoms with van der Waals surface area (Å²) in [7, 11) is 0. The minimum atomic E-state index is -0.849. The molecule has 1 saturated heterocycles. The highest BCUT2D eigenvalue weighted by molar-refractivity contribution is 5.73. The van der Waals surface area contributed by atoms with Gasteiger partial charge in [0, 0.05) is 5.54 Å². The highest BCUT2D eigenvalue weighted by Crippen LogP contribution is 2.10. The molecule has 0 spiro atoms. The molecule has 0 amide bonds. The summed E-state index contributed by atoms with van der Waals surface area (Å²) in [6.45, 7) is 4.67. The summed E-state index contributed by atoms with van der Waals surface area (Å²) in [6, 6.07) is -0.557. The Kier molecular flexibility index (Phi) is 2.15. The largest absolute Gasteiger partial charge is 0.480 e. The third-order valence-electron chi connectivity index (χ3n) is 1.61. The van der Waals surface area contributed by atoms with E-state index in [1.165, 1.54) is 0 Å². The first-order valence-electron chi connectivity index (χ1n) is 3.59. The maximum Gasteiger partial charge on any atom is 0.323 e. The van der Waals surface area contributed by atoms with Crippen LogP contribution in [0.5, 0.6) is 0 Å². The number of carboxylic acid groups (broad SMARTS) is 1. The van der Waals surface area contributed by atoms with Crippen molar-refractivity contribution in [2.45, 2.75) is 25.4 Å². The van der Waals surface area contributed by atoms with E-state index in [-0.39, 0.29) is 12.1 Å². The molecule has 2 N–H and O–H groups in total. The molecule has 0 aromatic rings. The molecule has 0 aromatic carbocycles. The number of rotatable bonds is 1. The highest BCUT2D eigenvalue weighted by Gasteiger charge is 2.31. The molecule has 1 aliphatic rings. The molecule has 1 aliphatic heterocycles. The topological polar surface area (TPSA) is 58.6 Å². The minimum Gasteiger partial charge on any atom is -0.480 e. The van der Waals surface area contributed by atoms with E-state index in [1.54, 1.807) is 0 Å². The van der Waals surface area contributed by atoms with Gasteiger partial charge in [-0.3, -0.25) is 10.1 Å². The number of aliphatic carboxylic acids is 1. The second kappa shape index (κ2) is 2.79. The molecule has 1 atom stereocenters. The Hall–Kier alpha value is -0.610. The van der Waals surface area contributed by atoms with E-state index in [1.807, 2.05) is 13.8 Å². The van der Waals surface area contributed by atoms with Gasteiger partial charge in [-0.1, -0.05) is 0 Å². The quantitative estimate of drug-likeness (QED) is 0.558. The lowest BCUT2D eigenvalue weighted by Crippen LogP contribution is -2.58. The number of morpholine rings is 1. The SMILES string of the molecule is CC1(C)COC[C@H](C(=O)O)N1. The maximum atomic E-state index is 10.5. The molecule has 0 saturated carbocycles. The Bertz CT molecular complexity index is 167. The van der Waals surface area contributed by atoms with Crippen LogP contribution in [0, 0.1) is 0 Å². The van der Waals surface area contributed by atoms with Gasteiger partial charge in [0.05, 0.1) is 13.2 Å². The van der Waals surface area contributed by atoms with E-state index in [2.05, 4.69) is 5.32 Å². The van der Waals surface area contributed by atoms with Crippen LogP contribution in [0.1, 0.15) is 13.8 Å². The second-order valence-electron chi connectivity index (χ2n) is 3.43. The van der Waals surface area contributed by atoms with E-state index >= 15 is 0 Å². The van der Waals surface area contributed by atoms with Crippen molar-refractivity contribution in [3.8, 4) is 0 Å². The molecule has 0 aromatic heterocycles. The van der Waals surface area contributed by atoms with Crippen molar-refractivity contribution in [3.63, 3.8) is 0 Å². The molecule has 1 rings (SSSR count). The molecule has 0 unspecified atom stereocenters. The third-order valence-corrected chi connectivity index (χ3v) is 1.61. The zero-order valence-electron chi connectivity index (χ0n) is 6.76. The first-order valence-corrected chi connectivity index (χ1v) is 3.59. The van der Waals surface area contributed by atoms with Crippen molar-refractivity contribution in [2.24, 2.45) is 0 Å². The summed E-state index contributed by atoms with van der Waals surface area (Å²) in [4.78, 5) is 10.5. The Balaban J connectivity index is 2.53. The first kappa shape index (κ1) is 8.49. The standard InChI is InChI=1S/C7H13NO3/c1-7(2)4-11-3-5(8-7)6(9)10/h5,8H,3-4H2,1-2H3,(H,9,10)/t5-/m1/s1. The molecule has 0 bridgehead atoms. The number of hydrogen-bond donors (Lipinski definition) is 2. The maximum absolute atomic E-state index is 10.5. The van der Waals surface area contributed by atoms with Crippen LogP contribution in [0.2, 0.25) is 0 Å². The van der Waals surface area contributed by atoms with E-state index in [4.69, 9.17) is 9.84 Å². The summed E-state index contributed by atoms with van der Waals surface area (Å²) in [6.07, 6.45) is 0. The van der Waals surface area contributed by atoms with Gasteiger partial charge in [-0.15, -0.1) is 0 Å². The molecule has 64 valence electrons. The number of nitrogens with one attached hydrogen (secondary N) is 1. The van der Waals surface area contributed by atoms with Crippen LogP contribution in [-0.2, 0) is 9.53 Å². The fraction of sp³-hybridized carbons (Fsp3) is 0.857. The Morgan fingerprint density at radius 1 is 1.73 bits per heavy atom. The van der Waals surface area contributed by atoms with Crippen molar-refractivity contribution >= 4 is 5.97 Å². The van der Waals surface area contributed by atoms with Crippen molar-refractivity contribution in [2.75, 3.05) is 13.2 Å². The molecule has 1 heterocycles. The molecule has 4 heteroatoms. The van der Waals surface area contributed by atoms with Crippen molar-refractivity contribution in [1.82, 2.24) is 5.32 Å². The predicted molar refractivity (Wildman–Crippen MR) is 39.5 cm³/mol. The zero-order chi connectivity index (χ0) is 8.48. The number of ether oxygens (including phenoxy) is 1. The number of carboxylic acids is 1. The number of carbonyl (C=O) groups is 1. The van der Waals surface area contributed by atoms with Crippen LogP contribution >= 0.6 is 0 Å². The van der Waals surface area contributed by atoms with E-state index in [9.17, 15) is 4.79 Å². The van der Waals surface area contributed by atoms with Crippen LogP contribution in [-0.4, -0.2) is 35.9 Å². The average Bonchev–Trinajstić information content (AvgIpc) is 1.85. The Morgan fingerprint density at radius 2 is 2.36 bits per heavy atom. The van der Waals surface area contributed by atoms with Gasteiger partial charge in [-0.05, 0) is 13.8 Å². The van der Waals surface area contributed by atoms with Crippen molar-refractivity contribution in [3.05, 3.63) is 0 Å². The molecule has 0 radical (unpaired) electrons. The van der Waals surface area contributed by atoms with Gasteiger partial charge in [0.15, 0.2) is 0 Å². The van der Waals surface area contributed by atoms with Crippen molar-refractivity contribution < 1.29 is 14.6 Å². The lowest BCUT2D eigenvalue weighted by Gasteiger charge is -2.34. The van der Waals surface area contributed by atoms with Crippen LogP contribution in [0.15, 0.2) is 0 Å². The van der Waals surface area contributed by atoms with Crippen LogP contribution in [0.25, 0.3) is 0 Å². The normalized spacial score (nSPS) is 29.8. The van der Waals surface area contributed by atoms with Gasteiger partial charge < -0.3 is 9.84 Å². The molecule has 4 nitrogen and oxygen atoms in total. The first-order chi connectivity index (χ1) is 5.01. The molecular weight excluding hydrogens is 146 g/mol. The Labute approximate surface area is 65.5 Å². The number of hydrogen-bond acceptors (Lipinski definition) is 3. The zero-order valence-corrected chi connectivity index (χ0v) is 6.76. The minimum absolute atomic E-state index is 0.221. The lowest BCUT2D eigenvalue weighted by molar-refractivity contribution is -0.144. The van der Waals surface area contributed by atoms with Crippen LogP contribution < -0.4 is 5.32 Å². The monoisotopic (exact) mass is 159 g/mol. The van der Waals surface area contributed by atoms with Gasteiger partial charge >= 0.3 is 5.97 Å². The van der Waals surface area contributed by atoms with E-state index in [0.717, 1.165) is 0 Å². The van der Waals surface area contributed by atoms with Gasteiger partial charge in [0.25, 0.3) is 0 Å². The van der Waals surface area contributed by atoms with E-state index < -0.39 is 12.0 Å². The summed E-state index contributed by atoms with van der Waals surface area (Å²) in [5, 5.41) is 11.6. The van der Waals surface area contributed by atoms with Gasteiger partial charge in [-0.25, -0.2) is 0 Å². The van der Waals surface area contributed by atoms with Gasteiger partial charge in [0.2, 0.25) is 0 Å². The predicted octanol–water partition coefficient (Wildman–Crippen LogP) is -0.162. The lowest BCUT2D eigenvalue weighted by atomic mass is 10.0. The fourth-order valence-corrected chi connectivity index (χ4v) is 1.12. The molecule has 11 heavy (non-hydrogen) atoms. The van der Waals surface area contributed by atoms with Crippen LogP contribution in [0.4, 0.5) is 0 Å². The van der Waals surface area contributed by atoms with E-state index in [0.29, 0.717) is 6.61 Å². The van der Waals surface area contributed by atoms with Gasteiger partial charge in [-0.2, -0.15) is 0 Å². The summed E-state index contributed by atoms with van der Waals surface area (Å²) in [5.74, 6) is -0.849. The fourth-order valence-electron chi connectivity index (χ4n) is 1.12. The average molecular weight is 159 g/mol. The molecule has 1 fully saturated rings.